The Morgan fingerprint density at radius 3 is 2.72 bits per heavy atom. The molecule has 96 valence electrons. The molecule has 0 aliphatic carbocycles. The van der Waals surface area contributed by atoms with Crippen molar-refractivity contribution < 1.29 is 14.4 Å². The van der Waals surface area contributed by atoms with Crippen LogP contribution in [-0.4, -0.2) is 34.7 Å². The molecule has 2 heterocycles. The van der Waals surface area contributed by atoms with E-state index in [9.17, 15) is 14.4 Å². The van der Waals surface area contributed by atoms with Gasteiger partial charge in [0.2, 0.25) is 0 Å². The molecule has 18 heavy (non-hydrogen) atoms. The van der Waals surface area contributed by atoms with Crippen molar-refractivity contribution in [3.05, 3.63) is 22.4 Å². The number of hydrogen-bond acceptors (Lipinski definition) is 4. The molecule has 5 nitrogen and oxygen atoms in total. The minimum atomic E-state index is -0.882. The van der Waals surface area contributed by atoms with Gasteiger partial charge in [0.05, 0.1) is 11.4 Å². The molecule has 0 saturated carbocycles. The SMILES string of the molecule is CCC1(C)NC(=O)N(CC(=O)c2cccs2)C1=O. The van der Waals surface area contributed by atoms with Gasteiger partial charge in [0, 0.05) is 0 Å². The van der Waals surface area contributed by atoms with E-state index in [1.54, 1.807) is 24.4 Å². The number of carbonyl (C=O) groups is 3. The van der Waals surface area contributed by atoms with Crippen molar-refractivity contribution in [2.45, 2.75) is 25.8 Å². The first-order valence-corrected chi connectivity index (χ1v) is 6.56. The highest BCUT2D eigenvalue weighted by atomic mass is 32.1. The lowest BCUT2D eigenvalue weighted by atomic mass is 9.99. The Balaban J connectivity index is 2.13. The van der Waals surface area contributed by atoms with E-state index in [4.69, 9.17) is 0 Å². The molecule has 6 heteroatoms. The minimum absolute atomic E-state index is 0.194. The highest BCUT2D eigenvalue weighted by molar-refractivity contribution is 7.12. The molecule has 1 unspecified atom stereocenters. The van der Waals surface area contributed by atoms with Crippen LogP contribution in [0, 0.1) is 0 Å². The molecule has 0 radical (unpaired) electrons. The van der Waals surface area contributed by atoms with E-state index in [0.29, 0.717) is 11.3 Å². The fraction of sp³-hybridized carbons (Fsp3) is 0.417. The normalized spacial score (nSPS) is 23.3. The van der Waals surface area contributed by atoms with Gasteiger partial charge in [-0.3, -0.25) is 14.5 Å². The first-order chi connectivity index (χ1) is 8.48. The standard InChI is InChI=1S/C12H14N2O3S/c1-3-12(2)10(16)14(11(17)13-12)7-8(15)9-5-4-6-18-9/h4-6H,3,7H2,1-2H3,(H,13,17). The average molecular weight is 266 g/mol. The van der Waals surface area contributed by atoms with E-state index in [2.05, 4.69) is 5.32 Å². The fourth-order valence-electron chi connectivity index (χ4n) is 1.79. The first kappa shape index (κ1) is 12.8. The summed E-state index contributed by atoms with van der Waals surface area (Å²) in [6, 6.07) is 2.96. The Kier molecular flexibility index (Phi) is 3.21. The van der Waals surface area contributed by atoms with Crippen molar-refractivity contribution in [2.24, 2.45) is 0 Å². The van der Waals surface area contributed by atoms with Gasteiger partial charge in [-0.2, -0.15) is 0 Å². The highest BCUT2D eigenvalue weighted by Crippen LogP contribution is 2.21. The molecule has 1 atom stereocenters. The molecule has 1 N–H and O–H groups in total. The Morgan fingerprint density at radius 1 is 1.50 bits per heavy atom. The van der Waals surface area contributed by atoms with Gasteiger partial charge in [0.1, 0.15) is 5.54 Å². The van der Waals surface area contributed by atoms with Crippen LogP contribution in [0.4, 0.5) is 4.79 Å². The Morgan fingerprint density at radius 2 is 2.22 bits per heavy atom. The van der Waals surface area contributed by atoms with Gasteiger partial charge in [0.15, 0.2) is 5.78 Å². The fourth-order valence-corrected chi connectivity index (χ4v) is 2.45. The van der Waals surface area contributed by atoms with E-state index in [0.717, 1.165) is 4.90 Å². The Labute approximate surface area is 109 Å². The van der Waals surface area contributed by atoms with Gasteiger partial charge in [-0.15, -0.1) is 11.3 Å². The summed E-state index contributed by atoms with van der Waals surface area (Å²) < 4.78 is 0. The predicted molar refractivity (Wildman–Crippen MR) is 67.6 cm³/mol. The summed E-state index contributed by atoms with van der Waals surface area (Å²) >= 11 is 1.30. The zero-order valence-electron chi connectivity index (χ0n) is 10.2. The average Bonchev–Trinajstić information content (AvgIpc) is 2.93. The molecule has 1 fully saturated rings. The zero-order chi connectivity index (χ0) is 13.3. The maximum atomic E-state index is 12.1. The van der Waals surface area contributed by atoms with Gasteiger partial charge >= 0.3 is 6.03 Å². The number of rotatable bonds is 4. The number of urea groups is 1. The molecular formula is C12H14N2O3S. The summed E-state index contributed by atoms with van der Waals surface area (Å²) in [7, 11) is 0. The van der Waals surface area contributed by atoms with Crippen LogP contribution < -0.4 is 5.32 Å². The Bertz CT molecular complexity index is 497. The summed E-state index contributed by atoms with van der Waals surface area (Å²) in [5.74, 6) is -0.547. The summed E-state index contributed by atoms with van der Waals surface area (Å²) in [6.45, 7) is 3.30. The van der Waals surface area contributed by atoms with Crippen LogP contribution in [0.2, 0.25) is 0 Å². The quantitative estimate of drug-likeness (QED) is 0.665. The lowest BCUT2D eigenvalue weighted by Gasteiger charge is -2.18. The number of hydrogen-bond donors (Lipinski definition) is 1. The lowest BCUT2D eigenvalue weighted by molar-refractivity contribution is -0.130. The van der Waals surface area contributed by atoms with Crippen LogP contribution in [0.15, 0.2) is 17.5 Å². The topological polar surface area (TPSA) is 66.5 Å². The molecule has 1 aliphatic rings. The Hall–Kier alpha value is -1.69. The summed E-state index contributed by atoms with van der Waals surface area (Å²) in [5, 5.41) is 4.41. The molecule has 1 aromatic rings. The van der Waals surface area contributed by atoms with E-state index in [1.165, 1.54) is 11.3 Å². The van der Waals surface area contributed by atoms with E-state index < -0.39 is 11.6 Å². The van der Waals surface area contributed by atoms with Gasteiger partial charge < -0.3 is 5.32 Å². The summed E-state index contributed by atoms with van der Waals surface area (Å²) in [5.41, 5.74) is -0.882. The van der Waals surface area contributed by atoms with E-state index in [-0.39, 0.29) is 18.2 Å². The first-order valence-electron chi connectivity index (χ1n) is 5.69. The number of nitrogens with zero attached hydrogens (tertiary/aromatic N) is 1. The predicted octanol–water partition coefficient (Wildman–Crippen LogP) is 1.65. The van der Waals surface area contributed by atoms with Crippen molar-refractivity contribution in [3.63, 3.8) is 0 Å². The number of ketones is 1. The summed E-state index contributed by atoms with van der Waals surface area (Å²) in [4.78, 5) is 37.2. The third-order valence-corrected chi connectivity index (χ3v) is 4.06. The molecule has 3 amide bonds. The third kappa shape index (κ3) is 2.03. The van der Waals surface area contributed by atoms with Crippen LogP contribution in [0.25, 0.3) is 0 Å². The second-order valence-electron chi connectivity index (χ2n) is 4.41. The van der Waals surface area contributed by atoms with E-state index >= 15 is 0 Å². The van der Waals surface area contributed by atoms with Gasteiger partial charge in [-0.1, -0.05) is 13.0 Å². The maximum absolute atomic E-state index is 12.1. The number of amides is 3. The molecule has 1 saturated heterocycles. The molecule has 1 aromatic heterocycles. The number of carbonyl (C=O) groups excluding carboxylic acids is 3. The van der Waals surface area contributed by atoms with Crippen molar-refractivity contribution >= 4 is 29.1 Å². The van der Waals surface area contributed by atoms with Crippen molar-refractivity contribution in [1.29, 1.82) is 0 Å². The minimum Gasteiger partial charge on any atom is -0.323 e. The number of thiophene rings is 1. The van der Waals surface area contributed by atoms with Gasteiger partial charge in [0.25, 0.3) is 5.91 Å². The molecule has 0 aromatic carbocycles. The van der Waals surface area contributed by atoms with Crippen LogP contribution in [0.1, 0.15) is 29.9 Å². The van der Waals surface area contributed by atoms with Crippen molar-refractivity contribution in [1.82, 2.24) is 10.2 Å². The molecule has 1 aliphatic heterocycles. The molecule has 0 spiro atoms. The van der Waals surface area contributed by atoms with Crippen LogP contribution in [-0.2, 0) is 4.79 Å². The largest absolute Gasteiger partial charge is 0.325 e. The molecular weight excluding hydrogens is 252 g/mol. The monoisotopic (exact) mass is 266 g/mol. The smallest absolute Gasteiger partial charge is 0.323 e. The van der Waals surface area contributed by atoms with Crippen molar-refractivity contribution in [2.75, 3.05) is 6.54 Å². The maximum Gasteiger partial charge on any atom is 0.325 e. The van der Waals surface area contributed by atoms with Crippen LogP contribution in [0.3, 0.4) is 0 Å². The van der Waals surface area contributed by atoms with Crippen LogP contribution >= 0.6 is 11.3 Å². The van der Waals surface area contributed by atoms with Gasteiger partial charge in [-0.05, 0) is 24.8 Å². The molecule has 2 rings (SSSR count). The molecule has 0 bridgehead atoms. The second kappa shape index (κ2) is 4.53. The second-order valence-corrected chi connectivity index (χ2v) is 5.36. The van der Waals surface area contributed by atoms with E-state index in [1.807, 2.05) is 6.92 Å². The van der Waals surface area contributed by atoms with Crippen LogP contribution in [0.5, 0.6) is 0 Å². The number of Topliss-reactive ketones (excluding diaryl/α,β-unsaturated/α-hetero) is 1. The zero-order valence-corrected chi connectivity index (χ0v) is 11.0. The number of imide groups is 1. The number of nitrogens with one attached hydrogen (secondary N) is 1. The highest BCUT2D eigenvalue weighted by Gasteiger charge is 2.46. The lowest BCUT2D eigenvalue weighted by Crippen LogP contribution is -2.43. The van der Waals surface area contributed by atoms with Crippen molar-refractivity contribution in [3.8, 4) is 0 Å². The third-order valence-electron chi connectivity index (χ3n) is 3.15. The van der Waals surface area contributed by atoms with Gasteiger partial charge in [-0.25, -0.2) is 4.79 Å². The summed E-state index contributed by atoms with van der Waals surface area (Å²) in [6.07, 6.45) is 0.501.